The second-order valence-electron chi connectivity index (χ2n) is 6.86. The highest BCUT2D eigenvalue weighted by atomic mass is 35.5. The quantitative estimate of drug-likeness (QED) is 0.817. The Morgan fingerprint density at radius 1 is 1.33 bits per heavy atom. The van der Waals surface area contributed by atoms with Crippen LogP contribution in [0.25, 0.3) is 0 Å². The van der Waals surface area contributed by atoms with Gasteiger partial charge in [-0.1, -0.05) is 11.6 Å². The van der Waals surface area contributed by atoms with E-state index in [4.69, 9.17) is 20.8 Å². The minimum absolute atomic E-state index is 0.0468. The molecular weight excluding hydrogens is 366 g/mol. The Kier molecular flexibility index (Phi) is 6.42. The van der Waals surface area contributed by atoms with Gasteiger partial charge in [-0.05, 0) is 37.6 Å². The molecule has 0 saturated carbocycles. The van der Waals surface area contributed by atoms with Gasteiger partial charge < -0.3 is 14.5 Å². The molecule has 0 aliphatic carbocycles. The molecule has 1 fully saturated rings. The average Bonchev–Trinajstić information content (AvgIpc) is 3.17. The second-order valence-corrected chi connectivity index (χ2v) is 7.27. The summed E-state index contributed by atoms with van der Waals surface area (Å²) in [6.45, 7) is 8.14. The van der Waals surface area contributed by atoms with Crippen LogP contribution in [0.2, 0.25) is 5.02 Å². The van der Waals surface area contributed by atoms with E-state index in [0.29, 0.717) is 16.5 Å². The highest BCUT2D eigenvalue weighted by Crippen LogP contribution is 2.31. The average molecular weight is 392 g/mol. The van der Waals surface area contributed by atoms with E-state index in [1.54, 1.807) is 19.4 Å². The number of amides is 1. The van der Waals surface area contributed by atoms with E-state index in [1.165, 1.54) is 0 Å². The summed E-state index contributed by atoms with van der Waals surface area (Å²) in [7, 11) is 1.57. The lowest BCUT2D eigenvalue weighted by atomic mass is 10.1. The number of carbonyl (C=O) groups excluding carboxylic acids is 1. The summed E-state index contributed by atoms with van der Waals surface area (Å²) < 4.78 is 10.8. The van der Waals surface area contributed by atoms with Crippen molar-refractivity contribution in [2.24, 2.45) is 0 Å². The number of carbonyl (C=O) groups is 1. The van der Waals surface area contributed by atoms with Crippen LogP contribution in [0.15, 0.2) is 34.9 Å². The lowest BCUT2D eigenvalue weighted by Crippen LogP contribution is -2.52. The van der Waals surface area contributed by atoms with Gasteiger partial charge >= 0.3 is 0 Å². The molecule has 2 heterocycles. The molecule has 0 radical (unpaired) electrons. The molecule has 1 amide bonds. The molecule has 1 N–H and O–H groups in total. The minimum Gasteiger partial charge on any atom is -0.495 e. The normalized spacial score (nSPS) is 16.9. The lowest BCUT2D eigenvalue weighted by Gasteiger charge is -2.37. The summed E-state index contributed by atoms with van der Waals surface area (Å²) >= 11 is 6.14. The number of nitrogens with one attached hydrogen (secondary N) is 1. The van der Waals surface area contributed by atoms with Crippen molar-refractivity contribution in [3.05, 3.63) is 46.9 Å². The van der Waals surface area contributed by atoms with Crippen molar-refractivity contribution in [1.29, 1.82) is 0 Å². The number of halogens is 1. The van der Waals surface area contributed by atoms with E-state index in [0.717, 1.165) is 44.0 Å². The van der Waals surface area contributed by atoms with Crippen LogP contribution in [-0.4, -0.2) is 55.0 Å². The van der Waals surface area contributed by atoms with Crippen LogP contribution in [0.3, 0.4) is 0 Å². The maximum Gasteiger partial charge on any atom is 0.241 e. The van der Waals surface area contributed by atoms with Crippen molar-refractivity contribution in [1.82, 2.24) is 9.80 Å². The van der Waals surface area contributed by atoms with Crippen molar-refractivity contribution >= 4 is 23.2 Å². The van der Waals surface area contributed by atoms with Crippen LogP contribution in [0.4, 0.5) is 5.69 Å². The highest BCUT2D eigenvalue weighted by molar-refractivity contribution is 6.31. The fraction of sp³-hybridized carbons (Fsp3) is 0.450. The summed E-state index contributed by atoms with van der Waals surface area (Å²) in [5.74, 6) is 1.49. The van der Waals surface area contributed by atoms with E-state index >= 15 is 0 Å². The number of ether oxygens (including phenoxy) is 1. The van der Waals surface area contributed by atoms with Crippen LogP contribution < -0.4 is 10.1 Å². The summed E-state index contributed by atoms with van der Waals surface area (Å²) in [5.41, 5.74) is 1.54. The van der Waals surface area contributed by atoms with E-state index in [9.17, 15) is 4.79 Å². The van der Waals surface area contributed by atoms with Gasteiger partial charge in [-0.3, -0.25) is 14.6 Å². The predicted molar refractivity (Wildman–Crippen MR) is 106 cm³/mol. The van der Waals surface area contributed by atoms with Gasteiger partial charge in [-0.15, -0.1) is 0 Å². The molecule has 0 spiro atoms. The van der Waals surface area contributed by atoms with Crippen molar-refractivity contribution in [3.63, 3.8) is 0 Å². The van der Waals surface area contributed by atoms with Gasteiger partial charge in [0.25, 0.3) is 0 Å². The molecule has 0 bridgehead atoms. The minimum atomic E-state index is -0.226. The smallest absolute Gasteiger partial charge is 0.241 e. The molecular formula is C20H26ClN3O3. The Bertz CT molecular complexity index is 771. The van der Waals surface area contributed by atoms with Crippen LogP contribution >= 0.6 is 11.6 Å². The zero-order valence-corrected chi connectivity index (χ0v) is 16.8. The van der Waals surface area contributed by atoms with Gasteiger partial charge in [0.15, 0.2) is 0 Å². The summed E-state index contributed by atoms with van der Waals surface area (Å²) in [5, 5.41) is 3.60. The summed E-state index contributed by atoms with van der Waals surface area (Å²) in [6, 6.07) is 7.24. The molecule has 3 rings (SSSR count). The molecule has 2 aromatic rings. The third kappa shape index (κ3) is 4.83. The summed E-state index contributed by atoms with van der Waals surface area (Å²) in [6.07, 6.45) is 1.70. The number of nitrogens with zero attached hydrogens (tertiary/aromatic N) is 2. The maximum atomic E-state index is 12.7. The van der Waals surface area contributed by atoms with Crippen molar-refractivity contribution in [2.75, 3.05) is 38.6 Å². The molecule has 6 nitrogen and oxygen atoms in total. The largest absolute Gasteiger partial charge is 0.495 e. The third-order valence-corrected chi connectivity index (χ3v) is 5.44. The SMILES string of the molecule is COc1cc(Cl)c(C)cc1NC(=O)[C@@H](C)N1CCN(Cc2ccco2)CC1. The number of aryl methyl sites for hydroxylation is 1. The fourth-order valence-corrected chi connectivity index (χ4v) is 3.42. The number of piperazine rings is 1. The zero-order valence-electron chi connectivity index (χ0n) is 16.0. The highest BCUT2D eigenvalue weighted by Gasteiger charge is 2.26. The molecule has 146 valence electrons. The molecule has 1 saturated heterocycles. The number of rotatable bonds is 6. The van der Waals surface area contributed by atoms with Crippen LogP contribution in [0.1, 0.15) is 18.2 Å². The Morgan fingerprint density at radius 2 is 2.07 bits per heavy atom. The maximum absolute atomic E-state index is 12.7. The van der Waals surface area contributed by atoms with Crippen LogP contribution in [0, 0.1) is 6.92 Å². The molecule has 0 unspecified atom stereocenters. The first-order valence-electron chi connectivity index (χ1n) is 9.11. The first-order chi connectivity index (χ1) is 13.0. The summed E-state index contributed by atoms with van der Waals surface area (Å²) in [4.78, 5) is 17.3. The fourth-order valence-electron chi connectivity index (χ4n) is 3.26. The second kappa shape index (κ2) is 8.78. The van der Waals surface area contributed by atoms with Gasteiger partial charge in [0.05, 0.1) is 31.6 Å². The van der Waals surface area contributed by atoms with Crippen molar-refractivity contribution in [2.45, 2.75) is 26.4 Å². The Hall–Kier alpha value is -2.02. The predicted octanol–water partition coefficient (Wildman–Crippen LogP) is 3.39. The van der Waals surface area contributed by atoms with Gasteiger partial charge in [-0.25, -0.2) is 0 Å². The Labute approximate surface area is 165 Å². The zero-order chi connectivity index (χ0) is 19.4. The van der Waals surface area contributed by atoms with Gasteiger partial charge in [0.1, 0.15) is 11.5 Å². The number of furan rings is 1. The van der Waals surface area contributed by atoms with E-state index in [1.807, 2.05) is 32.0 Å². The molecule has 1 aliphatic rings. The first kappa shape index (κ1) is 19.7. The van der Waals surface area contributed by atoms with E-state index in [-0.39, 0.29) is 11.9 Å². The van der Waals surface area contributed by atoms with Crippen molar-refractivity contribution < 1.29 is 13.9 Å². The van der Waals surface area contributed by atoms with Crippen molar-refractivity contribution in [3.8, 4) is 5.75 Å². The number of hydrogen-bond donors (Lipinski definition) is 1. The number of benzene rings is 1. The van der Waals surface area contributed by atoms with Gasteiger partial charge in [0.2, 0.25) is 5.91 Å². The van der Waals surface area contributed by atoms with Crippen LogP contribution in [-0.2, 0) is 11.3 Å². The number of hydrogen-bond acceptors (Lipinski definition) is 5. The Balaban J connectivity index is 1.56. The standard InChI is InChI=1S/C20H26ClN3O3/c1-14-11-18(19(26-3)12-17(14)21)22-20(25)15(2)24-8-6-23(7-9-24)13-16-5-4-10-27-16/h4-5,10-12,15H,6-9,13H2,1-3H3,(H,22,25)/t15-/m1/s1. The van der Waals surface area contributed by atoms with E-state index in [2.05, 4.69) is 15.1 Å². The third-order valence-electron chi connectivity index (χ3n) is 5.03. The molecule has 1 aliphatic heterocycles. The molecule has 1 atom stereocenters. The monoisotopic (exact) mass is 391 g/mol. The lowest BCUT2D eigenvalue weighted by molar-refractivity contribution is -0.121. The Morgan fingerprint density at radius 3 is 2.70 bits per heavy atom. The number of anilines is 1. The number of methoxy groups -OCH3 is 1. The van der Waals surface area contributed by atoms with Crippen LogP contribution in [0.5, 0.6) is 5.75 Å². The molecule has 1 aromatic carbocycles. The first-order valence-corrected chi connectivity index (χ1v) is 9.49. The van der Waals surface area contributed by atoms with Gasteiger partial charge in [-0.2, -0.15) is 0 Å². The molecule has 7 heteroatoms. The van der Waals surface area contributed by atoms with Gasteiger partial charge in [0, 0.05) is 37.3 Å². The topological polar surface area (TPSA) is 58.0 Å². The van der Waals surface area contributed by atoms with E-state index < -0.39 is 0 Å². The molecule has 1 aromatic heterocycles. The molecule has 27 heavy (non-hydrogen) atoms.